The third-order valence-corrected chi connectivity index (χ3v) is 5.20. The fourth-order valence-corrected chi connectivity index (χ4v) is 4.12. The number of sulfone groups is 1. The molecule has 1 unspecified atom stereocenters. The zero-order valence-corrected chi connectivity index (χ0v) is 11.5. The van der Waals surface area contributed by atoms with Crippen LogP contribution in [0.1, 0.15) is 16.9 Å². The van der Waals surface area contributed by atoms with Crippen molar-refractivity contribution >= 4 is 15.6 Å². The van der Waals surface area contributed by atoms with Gasteiger partial charge in [0, 0.05) is 19.3 Å². The number of aromatic nitrogens is 1. The molecule has 0 bridgehead atoms. The van der Waals surface area contributed by atoms with Gasteiger partial charge < -0.3 is 4.57 Å². The van der Waals surface area contributed by atoms with Gasteiger partial charge in [0.2, 0.25) is 0 Å². The summed E-state index contributed by atoms with van der Waals surface area (Å²) in [6, 6.07) is 3.58. The van der Waals surface area contributed by atoms with Gasteiger partial charge in [-0.3, -0.25) is 9.69 Å². The molecule has 0 aliphatic carbocycles. The molecule has 0 aromatic carbocycles. The smallest absolute Gasteiger partial charge is 0.193 e. The molecule has 5 nitrogen and oxygen atoms in total. The Labute approximate surface area is 107 Å². The second-order valence-electron chi connectivity index (χ2n) is 4.90. The van der Waals surface area contributed by atoms with Crippen LogP contribution in [0.25, 0.3) is 0 Å². The fourth-order valence-electron chi connectivity index (χ4n) is 2.31. The number of Topliss-reactive ketones (excluding diaryl/α,β-unsaturated/α-hetero) is 1. The topological polar surface area (TPSA) is 59.4 Å². The molecule has 1 aromatic rings. The number of hydrogen-bond donors (Lipinski definition) is 0. The van der Waals surface area contributed by atoms with Crippen LogP contribution in [0.4, 0.5) is 0 Å². The molecule has 1 saturated heterocycles. The van der Waals surface area contributed by atoms with Gasteiger partial charge in [-0.2, -0.15) is 0 Å². The second kappa shape index (κ2) is 4.85. The lowest BCUT2D eigenvalue weighted by molar-refractivity contribution is 0.0918. The van der Waals surface area contributed by atoms with E-state index < -0.39 is 9.84 Å². The Morgan fingerprint density at radius 3 is 2.78 bits per heavy atom. The molecule has 1 aromatic heterocycles. The van der Waals surface area contributed by atoms with Gasteiger partial charge in [-0.05, 0) is 25.6 Å². The predicted molar refractivity (Wildman–Crippen MR) is 69.4 cm³/mol. The highest BCUT2D eigenvalue weighted by molar-refractivity contribution is 7.91. The minimum atomic E-state index is -2.90. The first-order chi connectivity index (χ1) is 8.39. The number of ketones is 1. The number of rotatable bonds is 4. The maximum absolute atomic E-state index is 12.0. The summed E-state index contributed by atoms with van der Waals surface area (Å²) in [5, 5.41) is 0. The number of carbonyl (C=O) groups is 1. The lowest BCUT2D eigenvalue weighted by atomic mass is 10.2. The van der Waals surface area contributed by atoms with Crippen LogP contribution < -0.4 is 0 Å². The van der Waals surface area contributed by atoms with Gasteiger partial charge in [0.15, 0.2) is 15.6 Å². The first-order valence-electron chi connectivity index (χ1n) is 5.94. The molecule has 0 spiro atoms. The van der Waals surface area contributed by atoms with E-state index in [1.54, 1.807) is 10.6 Å². The van der Waals surface area contributed by atoms with Crippen molar-refractivity contribution in [3.8, 4) is 0 Å². The van der Waals surface area contributed by atoms with Crippen LogP contribution in [0.15, 0.2) is 18.3 Å². The fraction of sp³-hybridized carbons (Fsp3) is 0.583. The molecule has 1 atom stereocenters. The number of aryl methyl sites for hydroxylation is 1. The van der Waals surface area contributed by atoms with E-state index in [9.17, 15) is 13.2 Å². The number of hydrogen-bond acceptors (Lipinski definition) is 4. The summed E-state index contributed by atoms with van der Waals surface area (Å²) >= 11 is 0. The van der Waals surface area contributed by atoms with Gasteiger partial charge in [-0.1, -0.05) is 0 Å². The molecule has 0 amide bonds. The van der Waals surface area contributed by atoms with Gasteiger partial charge in [0.25, 0.3) is 0 Å². The molecule has 1 aliphatic rings. The number of nitrogens with zero attached hydrogens (tertiary/aromatic N) is 2. The van der Waals surface area contributed by atoms with Crippen molar-refractivity contribution < 1.29 is 13.2 Å². The van der Waals surface area contributed by atoms with E-state index in [4.69, 9.17) is 0 Å². The van der Waals surface area contributed by atoms with Gasteiger partial charge in [-0.25, -0.2) is 8.42 Å². The van der Waals surface area contributed by atoms with Crippen LogP contribution in [-0.4, -0.2) is 54.8 Å². The summed E-state index contributed by atoms with van der Waals surface area (Å²) in [5.74, 6) is 0.430. The third-order valence-electron chi connectivity index (χ3n) is 3.45. The SMILES string of the molecule is CN(CC(=O)c1cccn1C)C1CCS(=O)(=O)C1. The van der Waals surface area contributed by atoms with E-state index in [0.717, 1.165) is 0 Å². The highest BCUT2D eigenvalue weighted by Gasteiger charge is 2.31. The van der Waals surface area contributed by atoms with Crippen LogP contribution in [-0.2, 0) is 16.9 Å². The largest absolute Gasteiger partial charge is 0.348 e. The first-order valence-corrected chi connectivity index (χ1v) is 7.76. The molecular formula is C12H18N2O3S. The van der Waals surface area contributed by atoms with E-state index in [1.807, 2.05) is 31.3 Å². The standard InChI is InChI=1S/C12H18N2O3S/c1-13-6-3-4-11(13)12(15)8-14(2)10-5-7-18(16,17)9-10/h3-4,6,10H,5,7-9H2,1-2H3. The highest BCUT2D eigenvalue weighted by atomic mass is 32.2. The average molecular weight is 270 g/mol. The van der Waals surface area contributed by atoms with Gasteiger partial charge in [-0.15, -0.1) is 0 Å². The van der Waals surface area contributed by atoms with Crippen molar-refractivity contribution in [1.82, 2.24) is 9.47 Å². The minimum Gasteiger partial charge on any atom is -0.348 e. The summed E-state index contributed by atoms with van der Waals surface area (Å²) in [6.45, 7) is 0.262. The Morgan fingerprint density at radius 1 is 1.56 bits per heavy atom. The average Bonchev–Trinajstić information content (AvgIpc) is 2.84. The quantitative estimate of drug-likeness (QED) is 0.740. The lowest BCUT2D eigenvalue weighted by Gasteiger charge is -2.22. The number of likely N-dealkylation sites (N-methyl/N-ethyl adjacent to an activating group) is 1. The summed E-state index contributed by atoms with van der Waals surface area (Å²) in [6.07, 6.45) is 2.45. The summed E-state index contributed by atoms with van der Waals surface area (Å²) in [4.78, 5) is 13.9. The van der Waals surface area contributed by atoms with E-state index in [2.05, 4.69) is 0 Å². The van der Waals surface area contributed by atoms with E-state index in [0.29, 0.717) is 12.1 Å². The maximum atomic E-state index is 12.0. The Morgan fingerprint density at radius 2 is 2.28 bits per heavy atom. The molecule has 18 heavy (non-hydrogen) atoms. The van der Waals surface area contributed by atoms with Crippen molar-refractivity contribution in [2.45, 2.75) is 12.5 Å². The van der Waals surface area contributed by atoms with Crippen molar-refractivity contribution in [2.24, 2.45) is 7.05 Å². The van der Waals surface area contributed by atoms with Gasteiger partial charge in [0.05, 0.1) is 23.7 Å². The molecule has 1 fully saturated rings. The Bertz CT molecular complexity index is 547. The number of carbonyl (C=O) groups excluding carboxylic acids is 1. The molecular weight excluding hydrogens is 252 g/mol. The molecule has 100 valence electrons. The zero-order chi connectivity index (χ0) is 13.3. The molecule has 2 heterocycles. The summed E-state index contributed by atoms with van der Waals surface area (Å²) in [5.41, 5.74) is 0.655. The molecule has 0 radical (unpaired) electrons. The zero-order valence-electron chi connectivity index (χ0n) is 10.7. The Balaban J connectivity index is 1.98. The van der Waals surface area contributed by atoms with Crippen LogP contribution >= 0.6 is 0 Å². The lowest BCUT2D eigenvalue weighted by Crippen LogP contribution is -2.37. The minimum absolute atomic E-state index is 0.0225. The maximum Gasteiger partial charge on any atom is 0.193 e. The normalized spacial score (nSPS) is 22.5. The van der Waals surface area contributed by atoms with Crippen LogP contribution in [0.2, 0.25) is 0 Å². The molecule has 1 aliphatic heterocycles. The first kappa shape index (κ1) is 13.3. The van der Waals surface area contributed by atoms with E-state index in [-0.39, 0.29) is 29.9 Å². The van der Waals surface area contributed by atoms with Gasteiger partial charge >= 0.3 is 0 Å². The van der Waals surface area contributed by atoms with Crippen molar-refractivity contribution in [3.05, 3.63) is 24.0 Å². The van der Waals surface area contributed by atoms with Crippen LogP contribution in [0.3, 0.4) is 0 Å². The molecule has 2 rings (SSSR count). The second-order valence-corrected chi connectivity index (χ2v) is 7.13. The monoisotopic (exact) mass is 270 g/mol. The predicted octanol–water partition coefficient (Wildman–Crippen LogP) is 0.327. The molecule has 6 heteroatoms. The molecule has 0 N–H and O–H groups in total. The van der Waals surface area contributed by atoms with Crippen LogP contribution in [0, 0.1) is 0 Å². The highest BCUT2D eigenvalue weighted by Crippen LogP contribution is 2.16. The third kappa shape index (κ3) is 2.81. The van der Waals surface area contributed by atoms with Crippen molar-refractivity contribution in [2.75, 3.05) is 25.1 Å². The summed E-state index contributed by atoms with van der Waals surface area (Å²) in [7, 11) is 0.742. The van der Waals surface area contributed by atoms with Crippen molar-refractivity contribution in [3.63, 3.8) is 0 Å². The summed E-state index contributed by atoms with van der Waals surface area (Å²) < 4.78 is 24.6. The van der Waals surface area contributed by atoms with E-state index >= 15 is 0 Å². The van der Waals surface area contributed by atoms with E-state index in [1.165, 1.54) is 0 Å². The Hall–Kier alpha value is -1.14. The Kier molecular flexibility index (Phi) is 3.59. The molecule has 0 saturated carbocycles. The van der Waals surface area contributed by atoms with Crippen LogP contribution in [0.5, 0.6) is 0 Å². The van der Waals surface area contributed by atoms with Gasteiger partial charge in [0.1, 0.15) is 0 Å². The van der Waals surface area contributed by atoms with Crippen molar-refractivity contribution in [1.29, 1.82) is 0 Å².